The fraction of sp³-hybridized carbons (Fsp3) is 0.476. The Labute approximate surface area is 670 Å². The largest absolute Gasteiger partial charge is 0.450 e. The van der Waals surface area contributed by atoms with Crippen LogP contribution < -0.4 is 14.7 Å². The van der Waals surface area contributed by atoms with Crippen molar-refractivity contribution in [2.75, 3.05) is 251 Å². The Morgan fingerprint density at radius 3 is 1.17 bits per heavy atom. The number of anilines is 3. The number of ether oxygens (including phenoxy) is 1. The predicted octanol–water partition coefficient (Wildman–Crippen LogP) is 3.16. The van der Waals surface area contributed by atoms with Gasteiger partial charge < -0.3 is 73.5 Å². The number of aliphatic hydroxyl groups is 1. The van der Waals surface area contributed by atoms with Crippen molar-refractivity contribution in [2.24, 2.45) is 0 Å². The standard InChI is InChI=1S/C18H20N2O.C12H16N2O.C11H13N3O3.2C10H13N3O.C8H14N2O3.C7H14N2O2.C6H12N2O/c21-15-19-11-13-20(14-12-19)18(16-7-3-1-4-8-16)17-9-5-2-6-10-17;15-11-14-8-6-13(7-9-14)10-12-4-2-1-3-5-12;15-9-12-5-7-13(8-6-12)10-1-3-11(4-2-10)14(16)17;14-9-12-5-7-13(8-6-12)10-1-3-11-4-2-10;14-9-12-5-7-13(8-6-12)10-3-1-2-4-11-10;1-2-13-8(12)10-5-3-9(7-11)4-6-10;10-6-5-8-1-3-9(7-11)4-2-8;1-7-2-4-8(6-9)5-3-7/h1-10,15,18H,11-14H2;1-5,11H,6-10H2;1-4,9H,5-8H2;2*1-4,9H,5-8H2;7H,2-6H2,1H3;7,10H,1-6H2;6H,2-5H2,1H3. The molecule has 10 heterocycles. The number of nitro groups is 1. The molecule has 4 aromatic carbocycles. The molecule has 8 fully saturated rings. The summed E-state index contributed by atoms with van der Waals surface area (Å²) in [5.41, 5.74) is 6.20. The van der Waals surface area contributed by atoms with Gasteiger partial charge in [0.25, 0.3) is 5.69 Å². The van der Waals surface area contributed by atoms with E-state index in [0.29, 0.717) is 45.9 Å². The van der Waals surface area contributed by atoms with E-state index >= 15 is 0 Å². The molecule has 0 bridgehead atoms. The lowest BCUT2D eigenvalue weighted by molar-refractivity contribution is -0.384. The molecule has 0 saturated carbocycles. The number of hydrogen-bond acceptors (Lipinski definition) is 22. The van der Waals surface area contributed by atoms with E-state index in [1.165, 1.54) is 34.5 Å². The zero-order valence-corrected chi connectivity index (χ0v) is 66.1. The molecule has 9 amide bonds. The average molecular weight is 1570 g/mol. The van der Waals surface area contributed by atoms with Crippen molar-refractivity contribution >= 4 is 80.3 Å². The molecule has 14 rings (SSSR count). The van der Waals surface area contributed by atoms with Crippen molar-refractivity contribution in [1.82, 2.24) is 73.7 Å². The number of likely N-dealkylation sites (N-methyl/N-ethyl adjacent to an activating group) is 1. The minimum atomic E-state index is -0.409. The molecule has 0 aliphatic carbocycles. The second-order valence-corrected chi connectivity index (χ2v) is 27.8. The van der Waals surface area contributed by atoms with Crippen LogP contribution in [-0.2, 0) is 49.6 Å². The smallest absolute Gasteiger partial charge is 0.409 e. The van der Waals surface area contributed by atoms with Crippen LogP contribution in [0.4, 0.5) is 27.7 Å². The summed E-state index contributed by atoms with van der Waals surface area (Å²) in [7, 11) is 2.07. The molecular weight excluding hydrogens is 1460 g/mol. The van der Waals surface area contributed by atoms with Gasteiger partial charge in [0, 0.05) is 265 Å². The Balaban J connectivity index is 0.000000182. The minimum absolute atomic E-state index is 0.0975. The number of carbonyl (C=O) groups is 9. The lowest BCUT2D eigenvalue weighted by atomic mass is 9.96. The Kier molecular flexibility index (Phi) is 41.2. The Bertz CT molecular complexity index is 3550. The van der Waals surface area contributed by atoms with Gasteiger partial charge in [0.1, 0.15) is 5.82 Å². The quantitative estimate of drug-likeness (QED) is 0.0652. The van der Waals surface area contributed by atoms with Gasteiger partial charge in [-0.1, -0.05) is 97.1 Å². The number of piperazine rings is 8. The normalized spacial score (nSPS) is 17.4. The van der Waals surface area contributed by atoms with Gasteiger partial charge in [-0.2, -0.15) is 0 Å². The van der Waals surface area contributed by atoms with Crippen molar-refractivity contribution in [1.29, 1.82) is 0 Å². The van der Waals surface area contributed by atoms with Crippen molar-refractivity contribution in [3.8, 4) is 0 Å². The lowest BCUT2D eigenvalue weighted by Gasteiger charge is -2.38. The lowest BCUT2D eigenvalue weighted by Crippen LogP contribution is -2.48. The van der Waals surface area contributed by atoms with Gasteiger partial charge in [-0.05, 0) is 67.1 Å². The monoisotopic (exact) mass is 1570 g/mol. The molecule has 0 atom stereocenters. The Hall–Kier alpha value is -11.2. The number of aromatic nitrogens is 2. The molecule has 8 aliphatic rings. The molecule has 32 heteroatoms. The molecule has 1 N–H and O–H groups in total. The highest BCUT2D eigenvalue weighted by Gasteiger charge is 2.27. The first-order chi connectivity index (χ1) is 55.7. The highest BCUT2D eigenvalue weighted by molar-refractivity contribution is 5.68. The first-order valence-electron chi connectivity index (χ1n) is 39.1. The first kappa shape index (κ1) is 90.0. The summed E-state index contributed by atoms with van der Waals surface area (Å²) in [4.78, 5) is 145. The maximum atomic E-state index is 11.2. The van der Waals surface area contributed by atoms with E-state index in [2.05, 4.69) is 136 Å². The number of non-ortho nitro benzene ring substituents is 1. The van der Waals surface area contributed by atoms with Crippen LogP contribution in [-0.4, -0.2) is 377 Å². The number of pyridine rings is 2. The third kappa shape index (κ3) is 32.1. The number of nitro benzene ring substituents is 1. The number of nitrogens with zero attached hydrogens (tertiary/aromatic N) is 19. The van der Waals surface area contributed by atoms with Gasteiger partial charge in [0.2, 0.25) is 51.3 Å². The number of β-amino-alcohol motifs (C(OH)–C–C–N with tert-alkyl or cyclic N) is 1. The predicted molar refractivity (Wildman–Crippen MR) is 437 cm³/mol. The van der Waals surface area contributed by atoms with E-state index in [-0.39, 0.29) is 24.4 Å². The zero-order chi connectivity index (χ0) is 81.3. The summed E-state index contributed by atoms with van der Waals surface area (Å²) in [6, 6.07) is 48.3. The van der Waals surface area contributed by atoms with E-state index in [1.807, 2.05) is 46.2 Å². The topological polar surface area (TPSA) is 304 Å². The second kappa shape index (κ2) is 52.2. The maximum Gasteiger partial charge on any atom is 0.409 e. The van der Waals surface area contributed by atoms with Crippen LogP contribution in [0.2, 0.25) is 0 Å². The van der Waals surface area contributed by atoms with Crippen LogP contribution in [0.5, 0.6) is 0 Å². The first-order valence-corrected chi connectivity index (χ1v) is 39.1. The molecule has 32 nitrogen and oxygen atoms in total. The van der Waals surface area contributed by atoms with E-state index in [4.69, 9.17) is 9.84 Å². The van der Waals surface area contributed by atoms with Gasteiger partial charge >= 0.3 is 6.09 Å². The molecule has 8 aliphatic heterocycles. The molecule has 2 aromatic heterocycles. The van der Waals surface area contributed by atoms with E-state index in [0.717, 1.165) is 246 Å². The Morgan fingerprint density at radius 1 is 0.421 bits per heavy atom. The average Bonchev–Trinajstić information content (AvgIpc) is 0.814. The number of hydrogen-bond donors (Lipinski definition) is 1. The summed E-state index contributed by atoms with van der Waals surface area (Å²) < 4.78 is 4.83. The fourth-order valence-electron chi connectivity index (χ4n) is 13.3. The summed E-state index contributed by atoms with van der Waals surface area (Å²) in [5.74, 6) is 0.998. The molecule has 0 unspecified atom stereocenters. The van der Waals surface area contributed by atoms with Crippen molar-refractivity contribution in [3.63, 3.8) is 0 Å². The number of benzene rings is 4. The van der Waals surface area contributed by atoms with E-state index < -0.39 is 4.92 Å². The highest BCUT2D eigenvalue weighted by atomic mass is 16.6. The molecule has 0 spiro atoms. The summed E-state index contributed by atoms with van der Waals surface area (Å²) in [6.45, 7) is 30.4. The number of amides is 9. The van der Waals surface area contributed by atoms with Crippen molar-refractivity contribution in [2.45, 2.75) is 19.5 Å². The van der Waals surface area contributed by atoms with Crippen LogP contribution in [0.3, 0.4) is 0 Å². The number of aliphatic hydroxyl groups excluding tert-OH is 1. The molecule has 616 valence electrons. The minimum Gasteiger partial charge on any atom is -0.450 e. The van der Waals surface area contributed by atoms with E-state index in [1.54, 1.807) is 71.9 Å². The number of carbonyl (C=O) groups excluding carboxylic acids is 9. The van der Waals surface area contributed by atoms with Gasteiger partial charge in [-0.3, -0.25) is 68.2 Å². The van der Waals surface area contributed by atoms with Crippen LogP contribution in [0, 0.1) is 10.1 Å². The van der Waals surface area contributed by atoms with Gasteiger partial charge in [0.15, 0.2) is 0 Å². The van der Waals surface area contributed by atoms with Gasteiger partial charge in [-0.25, -0.2) is 9.78 Å². The molecule has 8 saturated heterocycles. The SMILES string of the molecule is CCOC(=O)N1CCN(C=O)CC1.CN1CCN(C=O)CC1.O=CN1CCN(C(c2ccccc2)c2ccccc2)CC1.O=CN1CCN(CCO)CC1.O=CN1CCN(Cc2ccccc2)CC1.O=CN1CCN(c2ccc([N+](=O)[O-])cc2)CC1.O=CN1CCN(c2ccccn2)CC1.O=CN1CCN(c2ccncc2)CC1. The molecule has 0 radical (unpaired) electrons. The van der Waals surface area contributed by atoms with Crippen molar-refractivity contribution < 1.29 is 57.9 Å². The third-order valence-electron chi connectivity index (χ3n) is 20.4. The van der Waals surface area contributed by atoms with E-state index in [9.17, 15) is 53.3 Å². The zero-order valence-electron chi connectivity index (χ0n) is 66.1. The second-order valence-electron chi connectivity index (χ2n) is 27.8. The molecule has 114 heavy (non-hydrogen) atoms. The van der Waals surface area contributed by atoms with Crippen LogP contribution in [0.1, 0.15) is 29.7 Å². The number of rotatable bonds is 20. The third-order valence-corrected chi connectivity index (χ3v) is 20.4. The molecule has 6 aromatic rings. The van der Waals surface area contributed by atoms with Crippen molar-refractivity contribution in [3.05, 3.63) is 191 Å². The van der Waals surface area contributed by atoms with Gasteiger partial charge in [-0.15, -0.1) is 0 Å². The Morgan fingerprint density at radius 2 is 0.781 bits per heavy atom. The summed E-state index contributed by atoms with van der Waals surface area (Å²) >= 11 is 0. The van der Waals surface area contributed by atoms with Gasteiger partial charge in [0.05, 0.1) is 24.2 Å². The summed E-state index contributed by atoms with van der Waals surface area (Å²) in [5, 5.41) is 19.1. The van der Waals surface area contributed by atoms with Crippen LogP contribution >= 0.6 is 0 Å². The molecular formula is C82H115N19O13. The highest BCUT2D eigenvalue weighted by Crippen LogP contribution is 2.30. The maximum absolute atomic E-state index is 11.2. The summed E-state index contributed by atoms with van der Waals surface area (Å²) in [6.07, 6.45) is 12.3. The fourth-order valence-corrected chi connectivity index (χ4v) is 13.3. The van der Waals surface area contributed by atoms with Crippen LogP contribution in [0.15, 0.2) is 164 Å². The van der Waals surface area contributed by atoms with Crippen LogP contribution in [0.25, 0.3) is 0 Å².